The number of halogens is 1. The third kappa shape index (κ3) is 2.41. The zero-order valence-corrected chi connectivity index (χ0v) is 12.1. The maximum absolute atomic E-state index is 12.3. The number of carbonyl (C=O) groups excluding carboxylic acids is 1. The van der Waals surface area contributed by atoms with Crippen molar-refractivity contribution in [3.8, 4) is 0 Å². The first-order chi connectivity index (χ1) is 7.99. The minimum absolute atomic E-state index is 0.0667. The molecule has 17 heavy (non-hydrogen) atoms. The summed E-state index contributed by atoms with van der Waals surface area (Å²) in [5, 5.41) is 4.06. The molecule has 1 aromatic heterocycles. The molecule has 0 unspecified atom stereocenters. The van der Waals surface area contributed by atoms with Gasteiger partial charge in [0.05, 0.1) is 9.77 Å². The second-order valence-corrected chi connectivity index (χ2v) is 5.43. The molecule has 0 atom stereocenters. The van der Waals surface area contributed by atoms with Gasteiger partial charge < -0.3 is 0 Å². The Balaban J connectivity index is 2.51. The molecule has 0 radical (unpaired) electrons. The Morgan fingerprint density at radius 1 is 1.24 bits per heavy atom. The fourth-order valence-corrected chi connectivity index (χ4v) is 2.43. The molecule has 0 saturated heterocycles. The molecule has 88 valence electrons. The van der Waals surface area contributed by atoms with E-state index in [1.807, 2.05) is 32.9 Å². The van der Waals surface area contributed by atoms with Crippen LogP contribution in [-0.2, 0) is 0 Å². The van der Waals surface area contributed by atoms with Gasteiger partial charge in [0.25, 0.3) is 5.91 Å². The predicted molar refractivity (Wildman–Crippen MR) is 75.3 cm³/mol. The molecule has 2 aromatic rings. The van der Waals surface area contributed by atoms with E-state index in [1.165, 1.54) is 10.2 Å². The minimum Gasteiger partial charge on any atom is -0.267 e. The number of nitrogens with zero attached hydrogens (tertiary/aromatic N) is 2. The molecule has 1 aromatic carbocycles. The van der Waals surface area contributed by atoms with Crippen molar-refractivity contribution in [3.63, 3.8) is 0 Å². The van der Waals surface area contributed by atoms with Gasteiger partial charge in [0.1, 0.15) is 0 Å². The van der Waals surface area contributed by atoms with Gasteiger partial charge in [-0.3, -0.25) is 4.79 Å². The number of benzene rings is 1. The lowest BCUT2D eigenvalue weighted by Crippen LogP contribution is -2.15. The maximum atomic E-state index is 12.3. The molecule has 0 bridgehead atoms. The summed E-state index contributed by atoms with van der Waals surface area (Å²) in [7, 11) is 0. The van der Waals surface area contributed by atoms with Crippen LogP contribution in [0.25, 0.3) is 0 Å². The third-order valence-electron chi connectivity index (χ3n) is 2.65. The topological polar surface area (TPSA) is 34.9 Å². The highest BCUT2D eigenvalue weighted by Crippen LogP contribution is 2.17. The third-order valence-corrected chi connectivity index (χ3v) is 3.21. The molecule has 0 amide bonds. The van der Waals surface area contributed by atoms with Crippen LogP contribution in [0.4, 0.5) is 0 Å². The van der Waals surface area contributed by atoms with E-state index in [-0.39, 0.29) is 5.91 Å². The molecule has 0 aliphatic carbocycles. The average Bonchev–Trinajstić information content (AvgIpc) is 2.63. The highest BCUT2D eigenvalue weighted by Gasteiger charge is 2.15. The standard InChI is InChI=1S/C13H13IN2O/c1-8-4-9(2)12(10(3)5-8)13(17)16-7-11(14)6-15-16/h4-7H,1-3H3. The molecule has 0 spiro atoms. The Labute approximate surface area is 114 Å². The monoisotopic (exact) mass is 340 g/mol. The first-order valence-electron chi connectivity index (χ1n) is 5.32. The lowest BCUT2D eigenvalue weighted by Gasteiger charge is -2.09. The van der Waals surface area contributed by atoms with E-state index in [9.17, 15) is 4.79 Å². The van der Waals surface area contributed by atoms with Crippen molar-refractivity contribution in [1.82, 2.24) is 9.78 Å². The number of carbonyl (C=O) groups is 1. The number of hydrogen-bond donors (Lipinski definition) is 0. The van der Waals surface area contributed by atoms with Crippen LogP contribution in [0.2, 0.25) is 0 Å². The lowest BCUT2D eigenvalue weighted by atomic mass is 9.99. The van der Waals surface area contributed by atoms with Crippen LogP contribution in [0.3, 0.4) is 0 Å². The number of aromatic nitrogens is 2. The van der Waals surface area contributed by atoms with Crippen LogP contribution in [0.5, 0.6) is 0 Å². The quantitative estimate of drug-likeness (QED) is 0.748. The van der Waals surface area contributed by atoms with Crippen molar-refractivity contribution >= 4 is 28.5 Å². The summed E-state index contributed by atoms with van der Waals surface area (Å²) < 4.78 is 2.35. The maximum Gasteiger partial charge on any atom is 0.278 e. The van der Waals surface area contributed by atoms with Crippen molar-refractivity contribution in [1.29, 1.82) is 0 Å². The van der Waals surface area contributed by atoms with E-state index in [2.05, 4.69) is 27.7 Å². The molecule has 2 rings (SSSR count). The van der Waals surface area contributed by atoms with Crippen molar-refractivity contribution in [2.24, 2.45) is 0 Å². The summed E-state index contributed by atoms with van der Waals surface area (Å²) in [4.78, 5) is 12.3. The summed E-state index contributed by atoms with van der Waals surface area (Å²) in [6.07, 6.45) is 3.42. The largest absolute Gasteiger partial charge is 0.278 e. The molecule has 0 N–H and O–H groups in total. The van der Waals surface area contributed by atoms with Gasteiger partial charge >= 0.3 is 0 Å². The fraction of sp³-hybridized carbons (Fsp3) is 0.231. The SMILES string of the molecule is Cc1cc(C)c(C(=O)n2cc(I)cn2)c(C)c1. The Hall–Kier alpha value is -1.17. The molecule has 0 fully saturated rings. The zero-order chi connectivity index (χ0) is 12.6. The van der Waals surface area contributed by atoms with E-state index >= 15 is 0 Å². The molecule has 0 aliphatic heterocycles. The summed E-state index contributed by atoms with van der Waals surface area (Å²) in [6, 6.07) is 4.05. The van der Waals surface area contributed by atoms with Gasteiger partial charge in [0.2, 0.25) is 0 Å². The van der Waals surface area contributed by atoms with Crippen molar-refractivity contribution in [3.05, 3.63) is 50.4 Å². The number of aryl methyl sites for hydroxylation is 3. The fourth-order valence-electron chi connectivity index (χ4n) is 2.04. The second kappa shape index (κ2) is 4.60. The Bertz CT molecular complexity index is 564. The van der Waals surface area contributed by atoms with E-state index in [1.54, 1.807) is 12.4 Å². The van der Waals surface area contributed by atoms with E-state index < -0.39 is 0 Å². The number of hydrogen-bond acceptors (Lipinski definition) is 2. The summed E-state index contributed by atoms with van der Waals surface area (Å²) in [6.45, 7) is 5.95. The molecule has 3 nitrogen and oxygen atoms in total. The Morgan fingerprint density at radius 3 is 2.29 bits per heavy atom. The molecule has 1 heterocycles. The van der Waals surface area contributed by atoms with Gasteiger partial charge in [0, 0.05) is 11.8 Å². The van der Waals surface area contributed by atoms with E-state index in [0.717, 1.165) is 20.3 Å². The molecule has 0 aliphatic rings. The second-order valence-electron chi connectivity index (χ2n) is 4.18. The minimum atomic E-state index is -0.0667. The van der Waals surface area contributed by atoms with Crippen LogP contribution < -0.4 is 0 Å². The van der Waals surface area contributed by atoms with Crippen LogP contribution in [0, 0.1) is 24.3 Å². The van der Waals surface area contributed by atoms with Crippen LogP contribution >= 0.6 is 22.6 Å². The first-order valence-corrected chi connectivity index (χ1v) is 6.39. The van der Waals surface area contributed by atoms with Crippen LogP contribution in [-0.4, -0.2) is 15.7 Å². The van der Waals surface area contributed by atoms with Crippen molar-refractivity contribution < 1.29 is 4.79 Å². The summed E-state index contributed by atoms with van der Waals surface area (Å²) >= 11 is 2.14. The van der Waals surface area contributed by atoms with Crippen molar-refractivity contribution in [2.75, 3.05) is 0 Å². The Morgan fingerprint density at radius 2 is 1.82 bits per heavy atom. The van der Waals surface area contributed by atoms with Gasteiger partial charge in [-0.1, -0.05) is 17.7 Å². The lowest BCUT2D eigenvalue weighted by molar-refractivity contribution is 0.0944. The van der Waals surface area contributed by atoms with Crippen molar-refractivity contribution in [2.45, 2.75) is 20.8 Å². The van der Waals surface area contributed by atoms with Gasteiger partial charge in [-0.15, -0.1) is 0 Å². The molecule has 4 heteroatoms. The van der Waals surface area contributed by atoms with Gasteiger partial charge in [0.15, 0.2) is 0 Å². The highest BCUT2D eigenvalue weighted by atomic mass is 127. The van der Waals surface area contributed by atoms with Crippen LogP contribution in [0.1, 0.15) is 27.0 Å². The Kier molecular flexibility index (Phi) is 3.33. The zero-order valence-electron chi connectivity index (χ0n) is 9.99. The van der Waals surface area contributed by atoms with Gasteiger partial charge in [-0.25, -0.2) is 4.68 Å². The smallest absolute Gasteiger partial charge is 0.267 e. The van der Waals surface area contributed by atoms with E-state index in [4.69, 9.17) is 0 Å². The van der Waals surface area contributed by atoms with Gasteiger partial charge in [-0.05, 0) is 54.5 Å². The summed E-state index contributed by atoms with van der Waals surface area (Å²) in [5.74, 6) is -0.0667. The first kappa shape index (κ1) is 12.3. The predicted octanol–water partition coefficient (Wildman–Crippen LogP) is 3.10. The van der Waals surface area contributed by atoms with Crippen LogP contribution in [0.15, 0.2) is 24.5 Å². The molecule has 0 saturated carbocycles. The average molecular weight is 340 g/mol. The number of rotatable bonds is 1. The molecular formula is C13H13IN2O. The molecular weight excluding hydrogens is 327 g/mol. The van der Waals surface area contributed by atoms with E-state index in [0.29, 0.717) is 0 Å². The van der Waals surface area contributed by atoms with Gasteiger partial charge in [-0.2, -0.15) is 5.10 Å². The normalized spacial score (nSPS) is 10.6. The summed E-state index contributed by atoms with van der Waals surface area (Å²) in [5.41, 5.74) is 3.91. The highest BCUT2D eigenvalue weighted by molar-refractivity contribution is 14.1.